The lowest BCUT2D eigenvalue weighted by Crippen LogP contribution is -2.20. The van der Waals surface area contributed by atoms with Crippen molar-refractivity contribution < 1.29 is 9.47 Å². The molecule has 1 aromatic heterocycles. The molecule has 2 heterocycles. The van der Waals surface area contributed by atoms with Gasteiger partial charge in [0.2, 0.25) is 6.79 Å². The maximum absolute atomic E-state index is 5.44. The van der Waals surface area contributed by atoms with Crippen molar-refractivity contribution in [3.8, 4) is 11.5 Å². The number of hydrogen-bond acceptors (Lipinski definition) is 5. The zero-order valence-corrected chi connectivity index (χ0v) is 20.7. The van der Waals surface area contributed by atoms with Crippen molar-refractivity contribution in [1.82, 2.24) is 10.4 Å². The summed E-state index contributed by atoms with van der Waals surface area (Å²) in [5.41, 5.74) is 7.34. The molecule has 6 nitrogen and oxygen atoms in total. The molecule has 0 spiro atoms. The fraction of sp³-hybridized carbons (Fsp3) is 0.0800. The maximum atomic E-state index is 5.44. The number of benzene rings is 3. The highest BCUT2D eigenvalue weighted by Crippen LogP contribution is 2.33. The Hall–Kier alpha value is -3.23. The smallest absolute Gasteiger partial charge is 0.231 e. The van der Waals surface area contributed by atoms with Crippen LogP contribution in [0.4, 0.5) is 5.69 Å². The van der Waals surface area contributed by atoms with Crippen LogP contribution in [0.15, 0.2) is 85.8 Å². The van der Waals surface area contributed by atoms with Gasteiger partial charge in [-0.3, -0.25) is 5.43 Å². The van der Waals surface area contributed by atoms with Gasteiger partial charge in [0.1, 0.15) is 5.69 Å². The Morgan fingerprint density at radius 1 is 1.00 bits per heavy atom. The van der Waals surface area contributed by atoms with Crippen LogP contribution >= 0.6 is 31.9 Å². The maximum Gasteiger partial charge on any atom is 0.231 e. The molecule has 4 aromatic rings. The van der Waals surface area contributed by atoms with Gasteiger partial charge in [-0.15, -0.1) is 0 Å². The van der Waals surface area contributed by atoms with E-state index in [2.05, 4.69) is 42.4 Å². The fourth-order valence-corrected chi connectivity index (χ4v) is 4.97. The Labute approximate surface area is 207 Å². The molecule has 164 valence electrons. The molecular weight excluding hydrogens is 548 g/mol. The summed E-state index contributed by atoms with van der Waals surface area (Å²) in [7, 11) is 0. The Balaban J connectivity index is 1.52. The third-order valence-electron chi connectivity index (χ3n) is 5.06. The number of pyridine rings is 1. The molecule has 0 amide bonds. The minimum absolute atomic E-state index is 0.236. The molecule has 0 fully saturated rings. The third kappa shape index (κ3) is 4.77. The number of fused-ring (bicyclic) bond motifs is 2. The molecule has 0 bridgehead atoms. The number of hydrazone groups is 1. The number of aromatic nitrogens is 1. The predicted molar refractivity (Wildman–Crippen MR) is 138 cm³/mol. The first-order valence-corrected chi connectivity index (χ1v) is 11.7. The van der Waals surface area contributed by atoms with Crippen LogP contribution in [0.5, 0.6) is 11.5 Å². The highest BCUT2D eigenvalue weighted by Gasteiger charge is 2.13. The first kappa shape index (κ1) is 21.6. The van der Waals surface area contributed by atoms with E-state index in [1.807, 2.05) is 73.7 Å². The number of aliphatic imine (C=N–C) groups is 1. The van der Waals surface area contributed by atoms with E-state index in [0.29, 0.717) is 17.3 Å². The number of rotatable bonds is 4. The van der Waals surface area contributed by atoms with Crippen LogP contribution in [0.1, 0.15) is 16.8 Å². The standard InChI is InChI=1S/C25H18Br2N4O2/c1-15-10-18(26)12-19(27)24(15)30-25(21-8-7-17-4-2-3-5-20(17)29-21)31-28-13-16-6-9-22-23(11-16)33-14-32-22/h2-13H,14H2,1H3,(H,30,31). The van der Waals surface area contributed by atoms with Gasteiger partial charge in [0, 0.05) is 14.3 Å². The van der Waals surface area contributed by atoms with Crippen molar-refractivity contribution in [2.75, 3.05) is 6.79 Å². The molecule has 0 atom stereocenters. The molecule has 1 aliphatic rings. The number of halogens is 2. The fourth-order valence-electron chi connectivity index (χ4n) is 3.45. The van der Waals surface area contributed by atoms with Gasteiger partial charge in [0.15, 0.2) is 17.3 Å². The first-order chi connectivity index (χ1) is 16.1. The van der Waals surface area contributed by atoms with E-state index in [9.17, 15) is 0 Å². The molecule has 0 saturated heterocycles. The van der Waals surface area contributed by atoms with Gasteiger partial charge in [0.05, 0.1) is 17.4 Å². The van der Waals surface area contributed by atoms with Crippen LogP contribution in [0.3, 0.4) is 0 Å². The van der Waals surface area contributed by atoms with E-state index in [0.717, 1.165) is 42.4 Å². The number of ether oxygens (including phenoxy) is 2. The Bertz CT molecular complexity index is 1400. The molecule has 1 aliphatic heterocycles. The average Bonchev–Trinajstić information content (AvgIpc) is 3.28. The van der Waals surface area contributed by atoms with E-state index >= 15 is 0 Å². The summed E-state index contributed by atoms with van der Waals surface area (Å²) in [6, 6.07) is 21.6. The van der Waals surface area contributed by atoms with Gasteiger partial charge in [-0.1, -0.05) is 40.2 Å². The van der Waals surface area contributed by atoms with E-state index in [4.69, 9.17) is 19.5 Å². The lowest BCUT2D eigenvalue weighted by Gasteiger charge is -2.10. The van der Waals surface area contributed by atoms with Crippen molar-refractivity contribution in [2.45, 2.75) is 6.92 Å². The van der Waals surface area contributed by atoms with Gasteiger partial charge in [0.25, 0.3) is 0 Å². The zero-order chi connectivity index (χ0) is 22.8. The molecule has 0 aliphatic carbocycles. The molecule has 33 heavy (non-hydrogen) atoms. The number of amidine groups is 1. The Morgan fingerprint density at radius 2 is 1.85 bits per heavy atom. The monoisotopic (exact) mass is 564 g/mol. The van der Waals surface area contributed by atoms with Crippen LogP contribution in [0.2, 0.25) is 0 Å². The number of nitrogens with zero attached hydrogens (tertiary/aromatic N) is 3. The number of aryl methyl sites for hydroxylation is 1. The van der Waals surface area contributed by atoms with Crippen molar-refractivity contribution >= 4 is 60.5 Å². The zero-order valence-electron chi connectivity index (χ0n) is 17.5. The summed E-state index contributed by atoms with van der Waals surface area (Å²) >= 11 is 7.15. The number of nitrogens with one attached hydrogen (secondary N) is 1. The van der Waals surface area contributed by atoms with Gasteiger partial charge in [-0.05, 0) is 76.4 Å². The average molecular weight is 566 g/mol. The van der Waals surface area contributed by atoms with Crippen LogP contribution in [0.25, 0.3) is 10.9 Å². The summed E-state index contributed by atoms with van der Waals surface area (Å²) < 4.78 is 12.7. The molecule has 1 N–H and O–H groups in total. The lowest BCUT2D eigenvalue weighted by atomic mass is 10.2. The van der Waals surface area contributed by atoms with Gasteiger partial charge < -0.3 is 9.47 Å². The normalized spacial score (nSPS) is 13.1. The number of para-hydroxylation sites is 1. The Morgan fingerprint density at radius 3 is 2.73 bits per heavy atom. The SMILES string of the molecule is Cc1cc(Br)cc(Br)c1N=C(NN=Cc1ccc2c(c1)OCO2)c1ccc2ccccc2n1. The summed E-state index contributed by atoms with van der Waals surface area (Å²) in [5.74, 6) is 1.97. The summed E-state index contributed by atoms with van der Waals surface area (Å²) in [6.45, 7) is 2.25. The quantitative estimate of drug-likeness (QED) is 0.174. The molecule has 0 radical (unpaired) electrons. The van der Waals surface area contributed by atoms with Crippen molar-refractivity contribution in [2.24, 2.45) is 10.1 Å². The van der Waals surface area contributed by atoms with Gasteiger partial charge in [-0.25, -0.2) is 9.98 Å². The summed E-state index contributed by atoms with van der Waals surface area (Å²) in [5, 5.41) is 5.49. The minimum Gasteiger partial charge on any atom is -0.454 e. The van der Waals surface area contributed by atoms with Gasteiger partial charge in [-0.2, -0.15) is 5.10 Å². The molecule has 0 saturated carbocycles. The highest BCUT2D eigenvalue weighted by molar-refractivity contribution is 9.11. The third-order valence-corrected chi connectivity index (χ3v) is 6.13. The second-order valence-electron chi connectivity index (χ2n) is 7.39. The van der Waals surface area contributed by atoms with Gasteiger partial charge >= 0.3 is 0 Å². The molecular formula is C25H18Br2N4O2. The van der Waals surface area contributed by atoms with E-state index in [-0.39, 0.29) is 6.79 Å². The molecule has 0 unspecified atom stereocenters. The summed E-state index contributed by atoms with van der Waals surface area (Å²) in [6.07, 6.45) is 1.71. The highest BCUT2D eigenvalue weighted by atomic mass is 79.9. The second-order valence-corrected chi connectivity index (χ2v) is 9.16. The van der Waals surface area contributed by atoms with E-state index in [1.54, 1.807) is 6.21 Å². The lowest BCUT2D eigenvalue weighted by molar-refractivity contribution is 0.174. The predicted octanol–water partition coefficient (Wildman–Crippen LogP) is 6.50. The Kier molecular flexibility index (Phi) is 6.11. The topological polar surface area (TPSA) is 68.1 Å². The van der Waals surface area contributed by atoms with E-state index < -0.39 is 0 Å². The summed E-state index contributed by atoms with van der Waals surface area (Å²) in [4.78, 5) is 9.67. The molecule has 5 rings (SSSR count). The van der Waals surface area contributed by atoms with Crippen LogP contribution in [-0.4, -0.2) is 23.8 Å². The minimum atomic E-state index is 0.236. The van der Waals surface area contributed by atoms with Crippen LogP contribution in [0, 0.1) is 6.92 Å². The number of hydrogen-bond donors (Lipinski definition) is 1. The van der Waals surface area contributed by atoms with Crippen molar-refractivity contribution in [3.05, 3.63) is 92.5 Å². The van der Waals surface area contributed by atoms with Crippen molar-refractivity contribution in [3.63, 3.8) is 0 Å². The molecule has 8 heteroatoms. The first-order valence-electron chi connectivity index (χ1n) is 10.2. The van der Waals surface area contributed by atoms with Crippen LogP contribution < -0.4 is 14.9 Å². The largest absolute Gasteiger partial charge is 0.454 e. The van der Waals surface area contributed by atoms with E-state index in [1.165, 1.54) is 0 Å². The van der Waals surface area contributed by atoms with Crippen molar-refractivity contribution in [1.29, 1.82) is 0 Å². The molecule has 3 aromatic carbocycles. The van der Waals surface area contributed by atoms with Crippen LogP contribution in [-0.2, 0) is 0 Å². The second kappa shape index (κ2) is 9.33.